The second kappa shape index (κ2) is 6.63. The summed E-state index contributed by atoms with van der Waals surface area (Å²) in [5, 5.41) is 0. The molecule has 0 radical (unpaired) electrons. The molecule has 2 unspecified atom stereocenters. The topological polar surface area (TPSA) is 29.5 Å². The molecule has 1 aliphatic carbocycles. The lowest BCUT2D eigenvalue weighted by molar-refractivity contribution is -0.139. The van der Waals surface area contributed by atoms with Crippen molar-refractivity contribution in [2.45, 2.75) is 44.6 Å². The average molecular weight is 309 g/mol. The summed E-state index contributed by atoms with van der Waals surface area (Å²) in [6.45, 7) is 0.570. The number of carbonyl (C=O) groups is 1. The van der Waals surface area contributed by atoms with E-state index in [1.54, 1.807) is 0 Å². The van der Waals surface area contributed by atoms with Crippen LogP contribution in [0.2, 0.25) is 0 Å². The molecule has 3 nitrogen and oxygen atoms in total. The normalized spacial score (nSPS) is 24.7. The highest BCUT2D eigenvalue weighted by Gasteiger charge is 2.35. The summed E-state index contributed by atoms with van der Waals surface area (Å²) in [7, 11) is 0. The highest BCUT2D eigenvalue weighted by atomic mass is 19.1. The van der Waals surface area contributed by atoms with E-state index in [0.717, 1.165) is 31.5 Å². The number of halogens is 2. The van der Waals surface area contributed by atoms with Crippen LogP contribution in [0.15, 0.2) is 18.2 Å². The monoisotopic (exact) mass is 309 g/mol. The Kier molecular flexibility index (Phi) is 4.60. The molecule has 5 heteroatoms. The van der Waals surface area contributed by atoms with E-state index in [1.165, 1.54) is 31.7 Å². The summed E-state index contributed by atoms with van der Waals surface area (Å²) >= 11 is 0. The fourth-order valence-electron chi connectivity index (χ4n) is 3.75. The zero-order valence-electron chi connectivity index (χ0n) is 12.6. The first-order valence-electron chi connectivity index (χ1n) is 8.02. The van der Waals surface area contributed by atoms with Gasteiger partial charge in [-0.1, -0.05) is 12.8 Å². The summed E-state index contributed by atoms with van der Waals surface area (Å²) < 4.78 is 31.6. The van der Waals surface area contributed by atoms with Gasteiger partial charge < -0.3 is 9.64 Å². The molecule has 3 rings (SSSR count). The van der Waals surface area contributed by atoms with Crippen molar-refractivity contribution in [2.75, 3.05) is 13.2 Å². The molecule has 1 saturated heterocycles. The Morgan fingerprint density at radius 1 is 1.18 bits per heavy atom. The Balaban J connectivity index is 1.61. The third-order valence-electron chi connectivity index (χ3n) is 4.81. The number of benzene rings is 1. The average Bonchev–Trinajstić information content (AvgIpc) is 2.53. The molecule has 22 heavy (non-hydrogen) atoms. The minimum Gasteiger partial charge on any atom is -0.481 e. The molecule has 1 aromatic rings. The summed E-state index contributed by atoms with van der Waals surface area (Å²) in [5.74, 6) is -1.000. The van der Waals surface area contributed by atoms with Crippen LogP contribution >= 0.6 is 0 Å². The van der Waals surface area contributed by atoms with Crippen molar-refractivity contribution in [3.63, 3.8) is 0 Å². The summed E-state index contributed by atoms with van der Waals surface area (Å²) in [6, 6.07) is 3.42. The minimum absolute atomic E-state index is 0.0769. The fourth-order valence-corrected chi connectivity index (χ4v) is 3.75. The van der Waals surface area contributed by atoms with Gasteiger partial charge in [-0.2, -0.15) is 0 Å². The van der Waals surface area contributed by atoms with Gasteiger partial charge in [-0.05, 0) is 43.7 Å². The molecule has 1 saturated carbocycles. The molecular weight excluding hydrogens is 288 g/mol. The van der Waals surface area contributed by atoms with Crippen LogP contribution in [0.5, 0.6) is 5.75 Å². The van der Waals surface area contributed by atoms with Crippen molar-refractivity contribution in [3.8, 4) is 5.75 Å². The maximum atomic E-state index is 13.5. The van der Waals surface area contributed by atoms with E-state index in [2.05, 4.69) is 0 Å². The zero-order valence-corrected chi connectivity index (χ0v) is 12.6. The van der Waals surface area contributed by atoms with Crippen LogP contribution in [0.3, 0.4) is 0 Å². The molecular formula is C17H21F2NO2. The van der Waals surface area contributed by atoms with Crippen LogP contribution in [-0.4, -0.2) is 30.0 Å². The molecule has 2 fully saturated rings. The lowest BCUT2D eigenvalue weighted by atomic mass is 9.78. The van der Waals surface area contributed by atoms with Gasteiger partial charge in [-0.3, -0.25) is 4.79 Å². The van der Waals surface area contributed by atoms with Crippen LogP contribution in [0.1, 0.15) is 38.5 Å². The molecule has 0 N–H and O–H groups in total. The third kappa shape index (κ3) is 3.23. The van der Waals surface area contributed by atoms with Gasteiger partial charge in [0, 0.05) is 18.7 Å². The Morgan fingerprint density at radius 2 is 1.95 bits per heavy atom. The van der Waals surface area contributed by atoms with E-state index in [-0.39, 0.29) is 18.3 Å². The Labute approximate surface area is 129 Å². The fraction of sp³-hybridized carbons (Fsp3) is 0.588. The summed E-state index contributed by atoms with van der Waals surface area (Å²) in [4.78, 5) is 14.3. The Morgan fingerprint density at radius 3 is 2.77 bits per heavy atom. The van der Waals surface area contributed by atoms with E-state index in [0.29, 0.717) is 12.0 Å². The molecule has 0 spiro atoms. The van der Waals surface area contributed by atoms with E-state index >= 15 is 0 Å². The first-order chi connectivity index (χ1) is 10.6. The molecule has 1 amide bonds. The van der Waals surface area contributed by atoms with Crippen molar-refractivity contribution in [1.29, 1.82) is 0 Å². The molecule has 120 valence electrons. The Hall–Kier alpha value is -1.65. The maximum absolute atomic E-state index is 13.5. The molecule has 1 aromatic carbocycles. The van der Waals surface area contributed by atoms with Gasteiger partial charge in [0.1, 0.15) is 5.82 Å². The molecule has 0 bridgehead atoms. The van der Waals surface area contributed by atoms with Crippen molar-refractivity contribution in [3.05, 3.63) is 29.8 Å². The van der Waals surface area contributed by atoms with Gasteiger partial charge in [0.2, 0.25) is 0 Å². The van der Waals surface area contributed by atoms with Gasteiger partial charge in [-0.25, -0.2) is 8.78 Å². The second-order valence-electron chi connectivity index (χ2n) is 6.20. The van der Waals surface area contributed by atoms with Crippen LogP contribution in [0, 0.1) is 17.6 Å². The van der Waals surface area contributed by atoms with Crippen molar-refractivity contribution < 1.29 is 18.3 Å². The quantitative estimate of drug-likeness (QED) is 0.855. The molecule has 2 aliphatic rings. The van der Waals surface area contributed by atoms with Crippen LogP contribution < -0.4 is 4.74 Å². The lowest BCUT2D eigenvalue weighted by Crippen LogP contribution is -2.51. The van der Waals surface area contributed by atoms with E-state index < -0.39 is 11.6 Å². The standard InChI is InChI=1S/C17H21F2NO2/c18-13-7-8-16(14(19)10-13)22-11-17(21)20-9-3-5-12-4-1-2-6-15(12)20/h7-8,10,12,15H,1-6,9,11H2. The largest absolute Gasteiger partial charge is 0.481 e. The summed E-state index contributed by atoms with van der Waals surface area (Å²) in [6.07, 6.45) is 6.89. The second-order valence-corrected chi connectivity index (χ2v) is 6.20. The first-order valence-corrected chi connectivity index (χ1v) is 8.02. The highest BCUT2D eigenvalue weighted by Crippen LogP contribution is 2.35. The number of ether oxygens (including phenoxy) is 1. The van der Waals surface area contributed by atoms with E-state index in [9.17, 15) is 13.6 Å². The van der Waals surface area contributed by atoms with Crippen LogP contribution in [0.25, 0.3) is 0 Å². The predicted octanol–water partition coefficient (Wildman–Crippen LogP) is 3.52. The number of amides is 1. The molecule has 1 heterocycles. The number of hydrogen-bond acceptors (Lipinski definition) is 2. The zero-order chi connectivity index (χ0) is 15.5. The molecule has 0 aromatic heterocycles. The number of fused-ring (bicyclic) bond motifs is 1. The third-order valence-corrected chi connectivity index (χ3v) is 4.81. The number of piperidine rings is 1. The van der Waals surface area contributed by atoms with Gasteiger partial charge in [0.15, 0.2) is 18.2 Å². The van der Waals surface area contributed by atoms with Crippen molar-refractivity contribution in [1.82, 2.24) is 4.90 Å². The van der Waals surface area contributed by atoms with Gasteiger partial charge in [0.25, 0.3) is 5.91 Å². The number of carbonyl (C=O) groups excluding carboxylic acids is 1. The number of nitrogens with zero attached hydrogens (tertiary/aromatic N) is 1. The molecule has 1 aliphatic heterocycles. The smallest absolute Gasteiger partial charge is 0.260 e. The lowest BCUT2D eigenvalue weighted by Gasteiger charge is -2.44. The molecule has 2 atom stereocenters. The number of likely N-dealkylation sites (tertiary alicyclic amines) is 1. The maximum Gasteiger partial charge on any atom is 0.260 e. The van der Waals surface area contributed by atoms with Gasteiger partial charge in [-0.15, -0.1) is 0 Å². The van der Waals surface area contributed by atoms with Gasteiger partial charge in [0.05, 0.1) is 0 Å². The van der Waals surface area contributed by atoms with E-state index in [1.807, 2.05) is 4.90 Å². The van der Waals surface area contributed by atoms with Crippen LogP contribution in [0.4, 0.5) is 8.78 Å². The van der Waals surface area contributed by atoms with E-state index in [4.69, 9.17) is 4.74 Å². The van der Waals surface area contributed by atoms with Crippen molar-refractivity contribution in [2.24, 2.45) is 5.92 Å². The summed E-state index contributed by atoms with van der Waals surface area (Å²) in [5.41, 5.74) is 0. The SMILES string of the molecule is O=C(COc1ccc(F)cc1F)N1CCCC2CCCCC21. The van der Waals surface area contributed by atoms with Crippen LogP contribution in [-0.2, 0) is 4.79 Å². The van der Waals surface area contributed by atoms with Crippen molar-refractivity contribution >= 4 is 5.91 Å². The highest BCUT2D eigenvalue weighted by molar-refractivity contribution is 5.78. The predicted molar refractivity (Wildman–Crippen MR) is 78.5 cm³/mol. The number of hydrogen-bond donors (Lipinski definition) is 0. The van der Waals surface area contributed by atoms with Gasteiger partial charge >= 0.3 is 0 Å². The minimum atomic E-state index is -0.776. The number of rotatable bonds is 3. The first kappa shape index (κ1) is 15.3. The Bertz CT molecular complexity index is 547.